The van der Waals surface area contributed by atoms with Crippen LogP contribution in [0.3, 0.4) is 0 Å². The molecule has 0 bridgehead atoms. The number of carboxylic acids is 2. The molecule has 1 aromatic carbocycles. The Balaban J connectivity index is 2.96. The van der Waals surface area contributed by atoms with Crippen molar-refractivity contribution in [1.82, 2.24) is 0 Å². The average molecular weight is 231 g/mol. The van der Waals surface area contributed by atoms with Gasteiger partial charge in [0.25, 0.3) is 0 Å². The van der Waals surface area contributed by atoms with Gasteiger partial charge in [0.05, 0.1) is 0 Å². The first-order valence-corrected chi connectivity index (χ1v) is 4.26. The molecule has 0 aliphatic rings. The maximum Gasteiger partial charge on any atom is 0.341 e. The second-order valence-electron chi connectivity index (χ2n) is 2.63. The minimum Gasteiger partial charge on any atom is -0.481 e. The molecule has 0 radical (unpaired) electrons. The highest BCUT2D eigenvalue weighted by Crippen LogP contribution is 2.23. The van der Waals surface area contributed by atoms with E-state index in [1.807, 2.05) is 0 Å². The molecule has 0 atom stereocenters. The van der Waals surface area contributed by atoms with E-state index in [2.05, 4.69) is 0 Å². The number of hydrogen-bond donors (Lipinski definition) is 2. The predicted octanol–water partition coefficient (Wildman–Crippen LogP) is 1.50. The maximum atomic E-state index is 10.7. The van der Waals surface area contributed by atoms with E-state index in [9.17, 15) is 9.59 Å². The highest BCUT2D eigenvalue weighted by atomic mass is 35.5. The number of aliphatic carboxylic acids is 1. The van der Waals surface area contributed by atoms with Gasteiger partial charge in [-0.3, -0.25) is 0 Å². The van der Waals surface area contributed by atoms with Crippen molar-refractivity contribution in [3.05, 3.63) is 28.8 Å². The monoisotopic (exact) mass is 230 g/mol. The number of carbonyl (C=O) groups is 2. The molecule has 6 heteroatoms. The van der Waals surface area contributed by atoms with Gasteiger partial charge in [-0.2, -0.15) is 0 Å². The highest BCUT2D eigenvalue weighted by molar-refractivity contribution is 6.30. The normalized spacial score (nSPS) is 9.67. The quantitative estimate of drug-likeness (QED) is 0.819. The Morgan fingerprint density at radius 2 is 2.00 bits per heavy atom. The minimum atomic E-state index is -1.20. The molecule has 0 unspecified atom stereocenters. The minimum absolute atomic E-state index is 0.0580. The number of hydrogen-bond acceptors (Lipinski definition) is 3. The molecule has 15 heavy (non-hydrogen) atoms. The third-order valence-electron chi connectivity index (χ3n) is 1.53. The van der Waals surface area contributed by atoms with Crippen LogP contribution in [0.4, 0.5) is 0 Å². The lowest BCUT2D eigenvalue weighted by molar-refractivity contribution is -0.139. The molecule has 0 saturated carbocycles. The third-order valence-corrected chi connectivity index (χ3v) is 1.76. The van der Waals surface area contributed by atoms with Crippen LogP contribution in [0.5, 0.6) is 5.75 Å². The van der Waals surface area contributed by atoms with Gasteiger partial charge in [-0.1, -0.05) is 11.6 Å². The number of halogens is 1. The lowest BCUT2D eigenvalue weighted by Crippen LogP contribution is -2.11. The molecule has 2 N–H and O–H groups in total. The second kappa shape index (κ2) is 4.65. The standard InChI is InChI=1S/C9H7ClO5/c10-5-1-2-6(9(13)14)7(3-5)15-4-8(11)12/h1-3H,4H2,(H,11,12)(H,13,14). The molecule has 80 valence electrons. The number of rotatable bonds is 4. The van der Waals surface area contributed by atoms with E-state index in [0.29, 0.717) is 0 Å². The average Bonchev–Trinajstić information content (AvgIpc) is 2.14. The third kappa shape index (κ3) is 3.14. The van der Waals surface area contributed by atoms with E-state index in [1.165, 1.54) is 18.2 Å². The summed E-state index contributed by atoms with van der Waals surface area (Å²) in [6, 6.07) is 3.90. The molecule has 5 nitrogen and oxygen atoms in total. The summed E-state index contributed by atoms with van der Waals surface area (Å²) in [6.07, 6.45) is 0. The molecule has 0 aliphatic heterocycles. The molecule has 0 fully saturated rings. The van der Waals surface area contributed by atoms with Gasteiger partial charge in [0.2, 0.25) is 0 Å². The van der Waals surface area contributed by atoms with Crippen LogP contribution in [0.25, 0.3) is 0 Å². The van der Waals surface area contributed by atoms with E-state index in [-0.39, 0.29) is 16.3 Å². The van der Waals surface area contributed by atoms with E-state index < -0.39 is 18.5 Å². The number of carboxylic acid groups (broad SMARTS) is 2. The Morgan fingerprint density at radius 1 is 1.33 bits per heavy atom. The Labute approximate surface area is 89.9 Å². The van der Waals surface area contributed by atoms with Crippen LogP contribution in [0.2, 0.25) is 5.02 Å². The van der Waals surface area contributed by atoms with Gasteiger partial charge in [-0.25, -0.2) is 9.59 Å². The Kier molecular flexibility index (Phi) is 3.51. The number of aromatic carboxylic acids is 1. The van der Waals surface area contributed by atoms with Crippen LogP contribution >= 0.6 is 11.6 Å². The van der Waals surface area contributed by atoms with Crippen LogP contribution in [0.1, 0.15) is 10.4 Å². The van der Waals surface area contributed by atoms with Crippen LogP contribution in [0, 0.1) is 0 Å². The molecule has 1 aromatic rings. The Morgan fingerprint density at radius 3 is 2.53 bits per heavy atom. The zero-order valence-electron chi connectivity index (χ0n) is 7.44. The number of benzene rings is 1. The first-order valence-electron chi connectivity index (χ1n) is 3.88. The van der Waals surface area contributed by atoms with Crippen molar-refractivity contribution < 1.29 is 24.5 Å². The molecule has 0 aromatic heterocycles. The van der Waals surface area contributed by atoms with Gasteiger partial charge in [-0.15, -0.1) is 0 Å². The van der Waals surface area contributed by atoms with Crippen molar-refractivity contribution in [2.45, 2.75) is 0 Å². The summed E-state index contributed by atoms with van der Waals surface area (Å²) in [5, 5.41) is 17.4. The van der Waals surface area contributed by atoms with Gasteiger partial charge in [0.1, 0.15) is 11.3 Å². The second-order valence-corrected chi connectivity index (χ2v) is 3.06. The zero-order chi connectivity index (χ0) is 11.4. The fraction of sp³-hybridized carbons (Fsp3) is 0.111. The number of ether oxygens (including phenoxy) is 1. The van der Waals surface area contributed by atoms with E-state index in [1.54, 1.807) is 0 Å². The van der Waals surface area contributed by atoms with E-state index in [4.69, 9.17) is 26.6 Å². The summed E-state index contributed by atoms with van der Waals surface area (Å²) < 4.78 is 4.78. The zero-order valence-corrected chi connectivity index (χ0v) is 8.19. The van der Waals surface area contributed by atoms with Gasteiger partial charge in [0, 0.05) is 5.02 Å². The van der Waals surface area contributed by atoms with Crippen molar-refractivity contribution in [1.29, 1.82) is 0 Å². The highest BCUT2D eigenvalue weighted by Gasteiger charge is 2.12. The summed E-state index contributed by atoms with van der Waals surface area (Å²) in [5.74, 6) is -2.45. The Bertz CT molecular complexity index is 401. The molecule has 1 rings (SSSR count). The van der Waals surface area contributed by atoms with Crippen LogP contribution in [0.15, 0.2) is 18.2 Å². The van der Waals surface area contributed by atoms with Gasteiger partial charge >= 0.3 is 11.9 Å². The molecule has 0 amide bonds. The maximum absolute atomic E-state index is 10.7. The largest absolute Gasteiger partial charge is 0.481 e. The molecule has 0 spiro atoms. The fourth-order valence-corrected chi connectivity index (χ4v) is 1.09. The molecular formula is C9H7ClO5. The molecular weight excluding hydrogens is 224 g/mol. The van der Waals surface area contributed by atoms with Crippen molar-refractivity contribution in [2.75, 3.05) is 6.61 Å². The lowest BCUT2D eigenvalue weighted by atomic mass is 10.2. The summed E-state index contributed by atoms with van der Waals surface area (Å²) in [7, 11) is 0. The Hall–Kier alpha value is -1.75. The van der Waals surface area contributed by atoms with Crippen molar-refractivity contribution in [3.63, 3.8) is 0 Å². The van der Waals surface area contributed by atoms with Gasteiger partial charge < -0.3 is 14.9 Å². The molecule has 0 heterocycles. The summed E-state index contributed by atoms with van der Waals surface area (Å²) in [6.45, 7) is -0.610. The van der Waals surface area contributed by atoms with Crippen LogP contribution < -0.4 is 4.74 Å². The lowest BCUT2D eigenvalue weighted by Gasteiger charge is -2.06. The predicted molar refractivity (Wildman–Crippen MR) is 51.5 cm³/mol. The molecule has 0 saturated heterocycles. The summed E-state index contributed by atoms with van der Waals surface area (Å²) in [4.78, 5) is 20.9. The van der Waals surface area contributed by atoms with Gasteiger partial charge in [0.15, 0.2) is 6.61 Å². The van der Waals surface area contributed by atoms with Crippen LogP contribution in [-0.4, -0.2) is 28.8 Å². The summed E-state index contributed by atoms with van der Waals surface area (Å²) >= 11 is 5.62. The fourth-order valence-electron chi connectivity index (χ4n) is 0.932. The van der Waals surface area contributed by atoms with Crippen molar-refractivity contribution in [3.8, 4) is 5.75 Å². The van der Waals surface area contributed by atoms with E-state index >= 15 is 0 Å². The topological polar surface area (TPSA) is 83.8 Å². The van der Waals surface area contributed by atoms with Crippen LogP contribution in [-0.2, 0) is 4.79 Å². The van der Waals surface area contributed by atoms with E-state index in [0.717, 1.165) is 0 Å². The van der Waals surface area contributed by atoms with Gasteiger partial charge in [-0.05, 0) is 18.2 Å². The first-order chi connectivity index (χ1) is 7.00. The smallest absolute Gasteiger partial charge is 0.341 e. The van der Waals surface area contributed by atoms with Crippen molar-refractivity contribution >= 4 is 23.5 Å². The van der Waals surface area contributed by atoms with Crippen molar-refractivity contribution in [2.24, 2.45) is 0 Å². The first kappa shape index (κ1) is 11.3. The summed E-state index contributed by atoms with van der Waals surface area (Å²) in [5.41, 5.74) is -0.124. The molecule has 0 aliphatic carbocycles. The SMILES string of the molecule is O=C(O)COc1cc(Cl)ccc1C(=O)O.